The van der Waals surface area contributed by atoms with Gasteiger partial charge in [-0.05, 0) is 52.5 Å². The summed E-state index contributed by atoms with van der Waals surface area (Å²) in [5, 5.41) is 10.4. The van der Waals surface area contributed by atoms with Gasteiger partial charge in [-0.2, -0.15) is 0 Å². The molecular formula is C18H29BO5. The molecule has 1 N–H and O–H groups in total. The molecule has 0 unspecified atom stereocenters. The fraction of sp³-hybridized carbons (Fsp3) is 0.667. The monoisotopic (exact) mass is 336 g/mol. The molecule has 2 rings (SSSR count). The van der Waals surface area contributed by atoms with Crippen LogP contribution in [0.25, 0.3) is 0 Å². The standard InChI is InChI=1S/C18H29BO5/c1-17(2,20)18(3,4)23-19(24-22-13-14-9-8-10-14)15-11-6-7-12-16(15)21-5/h6-7,11-12,14,20H,8-10,13H2,1-5H3. The summed E-state index contributed by atoms with van der Waals surface area (Å²) in [4.78, 5) is 11.0. The number of hydrogen-bond acceptors (Lipinski definition) is 5. The molecule has 0 aromatic heterocycles. The van der Waals surface area contributed by atoms with Crippen molar-refractivity contribution in [3.63, 3.8) is 0 Å². The van der Waals surface area contributed by atoms with Crippen molar-refractivity contribution in [2.75, 3.05) is 13.7 Å². The van der Waals surface area contributed by atoms with Crippen LogP contribution in [0.2, 0.25) is 0 Å². The highest BCUT2D eigenvalue weighted by Crippen LogP contribution is 2.28. The van der Waals surface area contributed by atoms with Crippen LogP contribution in [0, 0.1) is 5.92 Å². The molecule has 6 heteroatoms. The molecule has 1 aromatic rings. The lowest BCUT2D eigenvalue weighted by atomic mass is 9.76. The van der Waals surface area contributed by atoms with Crippen molar-refractivity contribution >= 4 is 12.6 Å². The van der Waals surface area contributed by atoms with Gasteiger partial charge < -0.3 is 14.5 Å². The Morgan fingerprint density at radius 1 is 1.17 bits per heavy atom. The minimum Gasteiger partial charge on any atom is -0.497 e. The van der Waals surface area contributed by atoms with Gasteiger partial charge in [0.15, 0.2) is 0 Å². The first-order valence-electron chi connectivity index (χ1n) is 8.56. The van der Waals surface area contributed by atoms with Crippen LogP contribution in [0.5, 0.6) is 5.75 Å². The molecule has 0 radical (unpaired) electrons. The van der Waals surface area contributed by atoms with E-state index in [1.807, 2.05) is 38.1 Å². The number of para-hydroxylation sites is 1. The van der Waals surface area contributed by atoms with E-state index in [1.54, 1.807) is 21.0 Å². The lowest BCUT2D eigenvalue weighted by Crippen LogP contribution is -2.54. The highest BCUT2D eigenvalue weighted by atomic mass is 17.2. The fourth-order valence-electron chi connectivity index (χ4n) is 2.26. The van der Waals surface area contributed by atoms with E-state index in [0.29, 0.717) is 18.3 Å². The molecule has 0 spiro atoms. The SMILES string of the molecule is COc1ccccc1B(OOCC1CCC1)OC(C)(C)C(C)(C)O. The molecule has 0 bridgehead atoms. The quantitative estimate of drug-likeness (QED) is 0.427. The van der Waals surface area contributed by atoms with Crippen LogP contribution < -0.4 is 10.2 Å². The van der Waals surface area contributed by atoms with Crippen molar-refractivity contribution in [1.29, 1.82) is 0 Å². The highest BCUT2D eigenvalue weighted by Gasteiger charge is 2.42. The first kappa shape index (κ1) is 19.3. The maximum absolute atomic E-state index is 10.4. The van der Waals surface area contributed by atoms with E-state index in [2.05, 4.69) is 0 Å². The van der Waals surface area contributed by atoms with Crippen molar-refractivity contribution in [1.82, 2.24) is 0 Å². The summed E-state index contributed by atoms with van der Waals surface area (Å²) in [5.41, 5.74) is -1.17. The second-order valence-electron chi connectivity index (χ2n) is 7.44. The number of benzene rings is 1. The Kier molecular flexibility index (Phi) is 6.31. The van der Waals surface area contributed by atoms with Crippen LogP contribution in [0.3, 0.4) is 0 Å². The topological polar surface area (TPSA) is 57.2 Å². The molecule has 0 atom stereocenters. The van der Waals surface area contributed by atoms with Gasteiger partial charge in [0.05, 0.1) is 24.9 Å². The highest BCUT2D eigenvalue weighted by molar-refractivity contribution is 6.62. The Hall–Kier alpha value is -1.08. The van der Waals surface area contributed by atoms with Gasteiger partial charge in [-0.3, -0.25) is 4.81 Å². The Balaban J connectivity index is 2.13. The van der Waals surface area contributed by atoms with E-state index in [1.165, 1.54) is 19.3 Å². The summed E-state index contributed by atoms with van der Waals surface area (Å²) in [6, 6.07) is 7.49. The minimum atomic E-state index is -1.05. The number of rotatable bonds is 9. The summed E-state index contributed by atoms with van der Waals surface area (Å²) in [6.45, 7) is 7.62. The smallest absolute Gasteiger partial charge is 0.497 e. The molecule has 0 amide bonds. The van der Waals surface area contributed by atoms with Crippen molar-refractivity contribution in [3.8, 4) is 5.75 Å². The van der Waals surface area contributed by atoms with Gasteiger partial charge in [0, 0.05) is 5.46 Å². The largest absolute Gasteiger partial charge is 0.529 e. The Morgan fingerprint density at radius 2 is 1.83 bits per heavy atom. The van der Waals surface area contributed by atoms with Gasteiger partial charge in [0.1, 0.15) is 5.75 Å². The van der Waals surface area contributed by atoms with Crippen LogP contribution in [0.15, 0.2) is 24.3 Å². The Labute approximate surface area is 145 Å². The first-order valence-corrected chi connectivity index (χ1v) is 8.56. The predicted molar refractivity (Wildman–Crippen MR) is 94.2 cm³/mol. The number of hydrogen-bond donors (Lipinski definition) is 1. The average Bonchev–Trinajstić information content (AvgIpc) is 2.47. The van der Waals surface area contributed by atoms with Crippen LogP contribution in [-0.4, -0.2) is 37.1 Å². The summed E-state index contributed by atoms with van der Waals surface area (Å²) >= 11 is 0. The van der Waals surface area contributed by atoms with Gasteiger partial charge in [-0.1, -0.05) is 24.6 Å². The maximum atomic E-state index is 10.4. The fourth-order valence-corrected chi connectivity index (χ4v) is 2.26. The lowest BCUT2D eigenvalue weighted by molar-refractivity contribution is -0.245. The van der Waals surface area contributed by atoms with Gasteiger partial charge in [0.2, 0.25) is 0 Å². The summed E-state index contributed by atoms with van der Waals surface area (Å²) in [6.07, 6.45) is 3.61. The predicted octanol–water partition coefficient (Wildman–Crippen LogP) is 2.70. The third-order valence-corrected chi connectivity index (χ3v) is 4.95. The molecule has 134 valence electrons. The van der Waals surface area contributed by atoms with E-state index in [4.69, 9.17) is 19.1 Å². The molecule has 1 aliphatic carbocycles. The zero-order chi connectivity index (χ0) is 17.8. The van der Waals surface area contributed by atoms with Crippen molar-refractivity contribution in [3.05, 3.63) is 24.3 Å². The summed E-state index contributed by atoms with van der Waals surface area (Å²) in [5.74, 6) is 1.21. The molecule has 0 heterocycles. The summed E-state index contributed by atoms with van der Waals surface area (Å²) in [7, 11) is 0.814. The Bertz CT molecular complexity index is 522. The Morgan fingerprint density at radius 3 is 2.38 bits per heavy atom. The van der Waals surface area contributed by atoms with E-state index < -0.39 is 18.3 Å². The van der Waals surface area contributed by atoms with Crippen LogP contribution in [0.4, 0.5) is 0 Å². The number of ether oxygens (including phenoxy) is 1. The van der Waals surface area contributed by atoms with Gasteiger partial charge in [-0.15, -0.1) is 0 Å². The zero-order valence-electron chi connectivity index (χ0n) is 15.4. The van der Waals surface area contributed by atoms with Crippen molar-refractivity contribution < 1.29 is 24.2 Å². The molecule has 1 fully saturated rings. The second kappa shape index (κ2) is 7.87. The van der Waals surface area contributed by atoms with E-state index in [-0.39, 0.29) is 0 Å². The molecule has 24 heavy (non-hydrogen) atoms. The van der Waals surface area contributed by atoms with Crippen molar-refractivity contribution in [2.45, 2.75) is 58.2 Å². The second-order valence-corrected chi connectivity index (χ2v) is 7.44. The third-order valence-electron chi connectivity index (χ3n) is 4.95. The minimum absolute atomic E-state index is 0.554. The van der Waals surface area contributed by atoms with Gasteiger partial charge in [-0.25, -0.2) is 4.89 Å². The third kappa shape index (κ3) is 4.73. The lowest BCUT2D eigenvalue weighted by Gasteiger charge is -2.39. The number of aliphatic hydroxyl groups is 1. The van der Waals surface area contributed by atoms with E-state index in [0.717, 1.165) is 5.46 Å². The van der Waals surface area contributed by atoms with Crippen LogP contribution in [-0.2, 0) is 14.3 Å². The van der Waals surface area contributed by atoms with E-state index >= 15 is 0 Å². The molecule has 1 aromatic carbocycles. The molecular weight excluding hydrogens is 307 g/mol. The zero-order valence-corrected chi connectivity index (χ0v) is 15.4. The van der Waals surface area contributed by atoms with Crippen molar-refractivity contribution in [2.24, 2.45) is 5.92 Å². The molecule has 0 aliphatic heterocycles. The first-order chi connectivity index (χ1) is 11.2. The molecule has 1 saturated carbocycles. The molecule has 1 aliphatic rings. The molecule has 0 saturated heterocycles. The number of methoxy groups -OCH3 is 1. The van der Waals surface area contributed by atoms with Crippen LogP contribution >= 0.6 is 0 Å². The average molecular weight is 336 g/mol. The maximum Gasteiger partial charge on any atom is 0.529 e. The normalized spacial score (nSPS) is 15.9. The van der Waals surface area contributed by atoms with Gasteiger partial charge >= 0.3 is 7.12 Å². The van der Waals surface area contributed by atoms with Crippen LogP contribution in [0.1, 0.15) is 47.0 Å². The summed E-state index contributed by atoms with van der Waals surface area (Å²) < 4.78 is 11.5. The molecule has 5 nitrogen and oxygen atoms in total. The van der Waals surface area contributed by atoms with Gasteiger partial charge in [0.25, 0.3) is 0 Å². The van der Waals surface area contributed by atoms with E-state index in [9.17, 15) is 5.11 Å².